The average Bonchev–Trinajstić information content (AvgIpc) is 2.80. The lowest BCUT2D eigenvalue weighted by molar-refractivity contribution is -0.155. The first-order valence-corrected chi connectivity index (χ1v) is 12.5. The van der Waals surface area contributed by atoms with Crippen molar-refractivity contribution < 1.29 is 17.4 Å². The molecule has 1 N–H and O–H groups in total. The van der Waals surface area contributed by atoms with E-state index in [0.717, 1.165) is 11.1 Å². The van der Waals surface area contributed by atoms with Gasteiger partial charge in [0.05, 0.1) is 21.4 Å². The normalized spacial score (nSPS) is 14.7. The van der Waals surface area contributed by atoms with E-state index in [0.29, 0.717) is 22.4 Å². The summed E-state index contributed by atoms with van der Waals surface area (Å²) in [7, 11) is -1.96. The van der Waals surface area contributed by atoms with Crippen molar-refractivity contribution in [3.63, 3.8) is 0 Å². The molecule has 0 radical (unpaired) electrons. The standard InChI is InChI=1S/C28H31F3N2OS/c1-19-16-17-23(18-20(19)2)25(26(28(29,30)31)33-35(34)27(3,4)5)32-24(21-12-8-6-9-13-21)22-14-10-7-11-15-22/h6-18,25-26,33H,1-5H3/t25-,26+,35?/m1/s1. The molecule has 0 aliphatic rings. The molecule has 3 atom stereocenters. The third-order valence-electron chi connectivity index (χ3n) is 5.69. The fourth-order valence-corrected chi connectivity index (χ4v) is 4.39. The molecule has 0 aliphatic heterocycles. The largest absolute Gasteiger partial charge is 0.407 e. The highest BCUT2D eigenvalue weighted by Crippen LogP contribution is 2.36. The zero-order chi connectivity index (χ0) is 25.8. The van der Waals surface area contributed by atoms with E-state index in [1.807, 2.05) is 74.5 Å². The summed E-state index contributed by atoms with van der Waals surface area (Å²) in [5, 5.41) is 0. The monoisotopic (exact) mass is 500 g/mol. The van der Waals surface area contributed by atoms with Gasteiger partial charge in [-0.2, -0.15) is 13.2 Å². The minimum absolute atomic E-state index is 0.401. The van der Waals surface area contributed by atoms with E-state index in [4.69, 9.17) is 4.99 Å². The molecule has 3 nitrogen and oxygen atoms in total. The molecule has 0 aromatic heterocycles. The minimum atomic E-state index is -4.70. The van der Waals surface area contributed by atoms with Crippen LogP contribution in [0.4, 0.5) is 13.2 Å². The van der Waals surface area contributed by atoms with Crippen molar-refractivity contribution in [2.75, 3.05) is 0 Å². The van der Waals surface area contributed by atoms with E-state index in [1.165, 1.54) is 0 Å². The summed E-state index contributed by atoms with van der Waals surface area (Å²) in [6, 6.07) is 20.0. The molecule has 0 spiro atoms. The zero-order valence-electron chi connectivity index (χ0n) is 20.6. The van der Waals surface area contributed by atoms with Gasteiger partial charge in [-0.05, 0) is 51.3 Å². The zero-order valence-corrected chi connectivity index (χ0v) is 21.4. The second-order valence-corrected chi connectivity index (χ2v) is 11.5. The maximum absolute atomic E-state index is 14.6. The van der Waals surface area contributed by atoms with Gasteiger partial charge in [-0.3, -0.25) is 4.99 Å². The van der Waals surface area contributed by atoms with Gasteiger partial charge in [-0.1, -0.05) is 78.9 Å². The Kier molecular flexibility index (Phi) is 8.34. The molecule has 3 aromatic carbocycles. The van der Waals surface area contributed by atoms with E-state index in [-0.39, 0.29) is 0 Å². The number of benzene rings is 3. The van der Waals surface area contributed by atoms with Crippen LogP contribution in [0.2, 0.25) is 0 Å². The van der Waals surface area contributed by atoms with Crippen molar-refractivity contribution in [1.29, 1.82) is 0 Å². The molecule has 186 valence electrons. The van der Waals surface area contributed by atoms with Gasteiger partial charge in [0.1, 0.15) is 12.1 Å². The minimum Gasteiger partial charge on any atom is -0.274 e. The predicted molar refractivity (Wildman–Crippen MR) is 138 cm³/mol. The number of aliphatic imine (C=N–C) groups is 1. The first kappa shape index (κ1) is 26.8. The Morgan fingerprint density at radius 3 is 1.77 bits per heavy atom. The number of aryl methyl sites for hydroxylation is 2. The topological polar surface area (TPSA) is 41.5 Å². The molecule has 0 saturated heterocycles. The van der Waals surface area contributed by atoms with Crippen LogP contribution < -0.4 is 4.72 Å². The van der Waals surface area contributed by atoms with Crippen molar-refractivity contribution in [3.8, 4) is 0 Å². The molecular weight excluding hydrogens is 469 g/mol. The lowest BCUT2D eigenvalue weighted by Crippen LogP contribution is -2.50. The molecular formula is C28H31F3N2OS. The maximum Gasteiger partial charge on any atom is 0.407 e. The van der Waals surface area contributed by atoms with Crippen LogP contribution in [0.25, 0.3) is 0 Å². The SMILES string of the molecule is Cc1ccc([C@@H](N=C(c2ccccc2)c2ccccc2)[C@H](NS(=O)C(C)(C)C)C(F)(F)F)cc1C. The highest BCUT2D eigenvalue weighted by atomic mass is 32.2. The molecule has 35 heavy (non-hydrogen) atoms. The molecule has 0 bridgehead atoms. The fraction of sp³-hybridized carbons (Fsp3) is 0.321. The summed E-state index contributed by atoms with van der Waals surface area (Å²) in [6.07, 6.45) is -4.70. The lowest BCUT2D eigenvalue weighted by Gasteiger charge is -2.31. The Balaban J connectivity index is 2.27. The Labute approximate surface area is 208 Å². The number of rotatable bonds is 7. The maximum atomic E-state index is 14.6. The van der Waals surface area contributed by atoms with Crippen molar-refractivity contribution in [1.82, 2.24) is 4.72 Å². The quantitative estimate of drug-likeness (QED) is 0.354. The Morgan fingerprint density at radius 1 is 0.829 bits per heavy atom. The van der Waals surface area contributed by atoms with E-state index in [9.17, 15) is 17.4 Å². The lowest BCUT2D eigenvalue weighted by atomic mass is 9.95. The van der Waals surface area contributed by atoms with Crippen molar-refractivity contribution >= 4 is 16.7 Å². The van der Waals surface area contributed by atoms with Crippen molar-refractivity contribution in [3.05, 3.63) is 107 Å². The van der Waals surface area contributed by atoms with Gasteiger partial charge < -0.3 is 0 Å². The van der Waals surface area contributed by atoms with E-state index in [1.54, 1.807) is 39.0 Å². The van der Waals surface area contributed by atoms with Gasteiger partial charge in [0, 0.05) is 11.1 Å². The number of hydrogen-bond acceptors (Lipinski definition) is 2. The molecule has 3 rings (SSSR count). The van der Waals surface area contributed by atoms with E-state index >= 15 is 0 Å². The summed E-state index contributed by atoms with van der Waals surface area (Å²) in [6.45, 7) is 8.68. The molecule has 0 fully saturated rings. The average molecular weight is 501 g/mol. The third-order valence-corrected chi connectivity index (χ3v) is 7.27. The van der Waals surface area contributed by atoms with Crippen LogP contribution in [0.1, 0.15) is 54.6 Å². The van der Waals surface area contributed by atoms with Gasteiger partial charge in [0.2, 0.25) is 0 Å². The first-order chi connectivity index (χ1) is 16.4. The van der Waals surface area contributed by atoms with Crippen molar-refractivity contribution in [2.24, 2.45) is 4.99 Å². The van der Waals surface area contributed by atoms with Crippen LogP contribution in [0, 0.1) is 13.8 Å². The van der Waals surface area contributed by atoms with Gasteiger partial charge in [0.25, 0.3) is 0 Å². The number of alkyl halides is 3. The van der Waals surface area contributed by atoms with Crippen LogP contribution in [0.3, 0.4) is 0 Å². The van der Waals surface area contributed by atoms with E-state index in [2.05, 4.69) is 4.72 Å². The molecule has 1 unspecified atom stereocenters. The first-order valence-electron chi connectivity index (χ1n) is 11.4. The van der Waals surface area contributed by atoms with Gasteiger partial charge in [-0.25, -0.2) is 8.93 Å². The Morgan fingerprint density at radius 2 is 1.34 bits per heavy atom. The Bertz CT molecular complexity index is 1140. The van der Waals surface area contributed by atoms with Crippen LogP contribution in [0.15, 0.2) is 83.9 Å². The molecule has 0 saturated carbocycles. The van der Waals surface area contributed by atoms with Crippen molar-refractivity contribution in [2.45, 2.75) is 57.6 Å². The number of nitrogens with one attached hydrogen (secondary N) is 1. The number of hydrogen-bond donors (Lipinski definition) is 1. The smallest absolute Gasteiger partial charge is 0.274 e. The number of halogens is 3. The molecule has 0 aliphatic carbocycles. The van der Waals surface area contributed by atoms with Gasteiger partial charge in [-0.15, -0.1) is 0 Å². The summed E-state index contributed by atoms with van der Waals surface area (Å²) in [5.74, 6) is 0. The molecule has 3 aromatic rings. The van der Waals surface area contributed by atoms with E-state index < -0.39 is 34.0 Å². The predicted octanol–water partition coefficient (Wildman–Crippen LogP) is 6.86. The van der Waals surface area contributed by atoms with Crippen LogP contribution in [-0.2, 0) is 11.0 Å². The fourth-order valence-electron chi connectivity index (χ4n) is 3.54. The highest BCUT2D eigenvalue weighted by molar-refractivity contribution is 7.84. The summed E-state index contributed by atoms with van der Waals surface area (Å²) < 4.78 is 58.1. The number of nitrogens with zero attached hydrogens (tertiary/aromatic N) is 1. The second kappa shape index (κ2) is 10.9. The Hall–Kier alpha value is -2.77. The van der Waals surface area contributed by atoms with Crippen LogP contribution in [0.5, 0.6) is 0 Å². The summed E-state index contributed by atoms with van der Waals surface area (Å²) >= 11 is 0. The molecule has 7 heteroatoms. The highest BCUT2D eigenvalue weighted by Gasteiger charge is 2.47. The van der Waals surface area contributed by atoms with Crippen LogP contribution >= 0.6 is 0 Å². The second-order valence-electron chi connectivity index (χ2n) is 9.52. The molecule has 0 amide bonds. The van der Waals surface area contributed by atoms with Crippen LogP contribution in [-0.4, -0.2) is 26.9 Å². The van der Waals surface area contributed by atoms with Gasteiger partial charge >= 0.3 is 6.18 Å². The molecule has 0 heterocycles. The van der Waals surface area contributed by atoms with Gasteiger partial charge in [0.15, 0.2) is 0 Å². The summed E-state index contributed by atoms with van der Waals surface area (Å²) in [5.41, 5.74) is 4.07. The summed E-state index contributed by atoms with van der Waals surface area (Å²) in [4.78, 5) is 4.76. The third kappa shape index (κ3) is 6.89.